The maximum absolute atomic E-state index is 11.9. The zero-order valence-electron chi connectivity index (χ0n) is 14.4. The van der Waals surface area contributed by atoms with Crippen molar-refractivity contribution in [1.29, 1.82) is 0 Å². The number of aryl methyl sites for hydroxylation is 1. The Hall–Kier alpha value is -2.68. The molecule has 2 N–H and O–H groups in total. The second-order valence-electron chi connectivity index (χ2n) is 5.87. The molecule has 134 valence electrons. The third-order valence-corrected chi connectivity index (χ3v) is 4.26. The number of esters is 1. The lowest BCUT2D eigenvalue weighted by Crippen LogP contribution is -2.22. The van der Waals surface area contributed by atoms with Gasteiger partial charge in [-0.1, -0.05) is 0 Å². The average Bonchev–Trinajstić information content (AvgIpc) is 3.07. The summed E-state index contributed by atoms with van der Waals surface area (Å²) >= 11 is 0. The summed E-state index contributed by atoms with van der Waals surface area (Å²) in [6.07, 6.45) is 5.05. The van der Waals surface area contributed by atoms with E-state index in [9.17, 15) is 4.79 Å². The number of nitrogens with two attached hydrogens (primary N) is 1. The first-order valence-corrected chi connectivity index (χ1v) is 7.93. The van der Waals surface area contributed by atoms with E-state index in [1.165, 1.54) is 14.2 Å². The molecule has 2 atom stereocenters. The number of nitrogen functional groups attached to an aromatic ring is 1. The predicted octanol–water partition coefficient (Wildman–Crippen LogP) is 1.22. The molecule has 2 aromatic heterocycles. The van der Waals surface area contributed by atoms with Crippen LogP contribution in [0.15, 0.2) is 12.4 Å². The third-order valence-electron chi connectivity index (χ3n) is 4.26. The summed E-state index contributed by atoms with van der Waals surface area (Å²) in [5.74, 6) is -0.291. The molecule has 0 amide bonds. The largest absolute Gasteiger partial charge is 0.480 e. The molecule has 9 nitrogen and oxygen atoms in total. The van der Waals surface area contributed by atoms with Gasteiger partial charge in [-0.2, -0.15) is 10.1 Å². The molecule has 1 aliphatic rings. The molecule has 1 saturated heterocycles. The second kappa shape index (κ2) is 7.06. The lowest BCUT2D eigenvalue weighted by molar-refractivity contribution is 0.00414. The Balaban J connectivity index is 1.92. The Morgan fingerprint density at radius 1 is 1.40 bits per heavy atom. The van der Waals surface area contributed by atoms with E-state index < -0.39 is 5.97 Å². The SMILES string of the molecule is COC(=O)c1nc(C2CCOC(c3cnn(C)c3)C2)c(OC)nc1N. The van der Waals surface area contributed by atoms with Crippen LogP contribution in [-0.2, 0) is 16.5 Å². The van der Waals surface area contributed by atoms with Gasteiger partial charge in [0.05, 0.1) is 26.5 Å². The van der Waals surface area contributed by atoms with Crippen molar-refractivity contribution in [2.24, 2.45) is 7.05 Å². The number of anilines is 1. The first-order valence-electron chi connectivity index (χ1n) is 7.93. The van der Waals surface area contributed by atoms with Crippen molar-refractivity contribution >= 4 is 11.8 Å². The average molecular weight is 347 g/mol. The van der Waals surface area contributed by atoms with Crippen molar-refractivity contribution in [2.75, 3.05) is 26.6 Å². The van der Waals surface area contributed by atoms with Crippen molar-refractivity contribution in [1.82, 2.24) is 19.7 Å². The summed E-state index contributed by atoms with van der Waals surface area (Å²) in [6.45, 7) is 0.562. The maximum atomic E-state index is 11.9. The number of carbonyl (C=O) groups is 1. The van der Waals surface area contributed by atoms with Gasteiger partial charge in [0.15, 0.2) is 11.5 Å². The van der Waals surface area contributed by atoms with E-state index in [0.29, 0.717) is 24.6 Å². The number of nitrogens with zero attached hydrogens (tertiary/aromatic N) is 4. The Kier molecular flexibility index (Phi) is 4.84. The number of methoxy groups -OCH3 is 2. The molecule has 0 spiro atoms. The molecular weight excluding hydrogens is 326 g/mol. The van der Waals surface area contributed by atoms with Gasteiger partial charge >= 0.3 is 5.97 Å². The molecule has 0 bridgehead atoms. The minimum absolute atomic E-state index is 0.00252. The van der Waals surface area contributed by atoms with Gasteiger partial charge in [0.25, 0.3) is 0 Å². The molecule has 2 aromatic rings. The normalized spacial score (nSPS) is 20.3. The number of carbonyl (C=O) groups excluding carboxylic acids is 1. The summed E-state index contributed by atoms with van der Waals surface area (Å²) in [5.41, 5.74) is 7.40. The van der Waals surface area contributed by atoms with Crippen LogP contribution in [0.1, 0.15) is 46.6 Å². The fourth-order valence-corrected chi connectivity index (χ4v) is 2.99. The predicted molar refractivity (Wildman–Crippen MR) is 88.2 cm³/mol. The van der Waals surface area contributed by atoms with Crippen LogP contribution in [0.4, 0.5) is 5.82 Å². The minimum Gasteiger partial charge on any atom is -0.480 e. The number of ether oxygens (including phenoxy) is 3. The lowest BCUT2D eigenvalue weighted by Gasteiger charge is -2.29. The highest BCUT2D eigenvalue weighted by atomic mass is 16.5. The molecule has 1 fully saturated rings. The summed E-state index contributed by atoms with van der Waals surface area (Å²) in [5, 5.41) is 4.19. The van der Waals surface area contributed by atoms with Crippen LogP contribution in [0.3, 0.4) is 0 Å². The van der Waals surface area contributed by atoms with E-state index in [4.69, 9.17) is 19.9 Å². The first kappa shape index (κ1) is 17.2. The van der Waals surface area contributed by atoms with Crippen molar-refractivity contribution in [3.8, 4) is 5.88 Å². The van der Waals surface area contributed by atoms with Crippen molar-refractivity contribution < 1.29 is 19.0 Å². The quantitative estimate of drug-likeness (QED) is 0.821. The van der Waals surface area contributed by atoms with Crippen molar-refractivity contribution in [3.05, 3.63) is 29.3 Å². The van der Waals surface area contributed by atoms with Crippen LogP contribution in [0.5, 0.6) is 5.88 Å². The molecule has 0 aliphatic carbocycles. The molecule has 0 aromatic carbocycles. The monoisotopic (exact) mass is 347 g/mol. The number of aromatic nitrogens is 4. The third kappa shape index (κ3) is 3.41. The molecular formula is C16H21N5O4. The molecule has 0 radical (unpaired) electrons. The van der Waals surface area contributed by atoms with Crippen LogP contribution in [0.25, 0.3) is 0 Å². The number of hydrogen-bond acceptors (Lipinski definition) is 8. The summed E-state index contributed by atoms with van der Waals surface area (Å²) < 4.78 is 17.7. The highest BCUT2D eigenvalue weighted by Gasteiger charge is 2.31. The number of rotatable bonds is 4. The second-order valence-corrected chi connectivity index (χ2v) is 5.87. The van der Waals surface area contributed by atoms with E-state index in [1.54, 1.807) is 10.9 Å². The van der Waals surface area contributed by atoms with Gasteiger partial charge in [0, 0.05) is 31.3 Å². The highest BCUT2D eigenvalue weighted by Crippen LogP contribution is 2.39. The highest BCUT2D eigenvalue weighted by molar-refractivity contribution is 5.91. The molecule has 3 heterocycles. The maximum Gasteiger partial charge on any atom is 0.360 e. The van der Waals surface area contributed by atoms with E-state index >= 15 is 0 Å². The zero-order valence-corrected chi connectivity index (χ0v) is 14.4. The Bertz CT molecular complexity index is 776. The summed E-state index contributed by atoms with van der Waals surface area (Å²) in [4.78, 5) is 20.5. The van der Waals surface area contributed by atoms with Gasteiger partial charge in [-0.15, -0.1) is 0 Å². The molecule has 2 unspecified atom stereocenters. The Labute approximate surface area is 145 Å². The topological polar surface area (TPSA) is 114 Å². The van der Waals surface area contributed by atoms with Crippen LogP contribution in [-0.4, -0.2) is 46.5 Å². The standard InChI is InChI=1S/C16H21N5O4/c1-21-8-10(7-18-21)11-6-9(4-5-25-11)12-15(23-2)20-14(17)13(19-12)16(22)24-3/h7-9,11H,4-6H2,1-3H3,(H2,17,20). The molecule has 25 heavy (non-hydrogen) atoms. The van der Waals surface area contributed by atoms with E-state index in [0.717, 1.165) is 12.0 Å². The van der Waals surface area contributed by atoms with Gasteiger partial charge < -0.3 is 19.9 Å². The number of hydrogen-bond donors (Lipinski definition) is 1. The molecule has 0 saturated carbocycles. The lowest BCUT2D eigenvalue weighted by atomic mass is 9.90. The van der Waals surface area contributed by atoms with Crippen LogP contribution in [0.2, 0.25) is 0 Å². The van der Waals surface area contributed by atoms with E-state index in [-0.39, 0.29) is 23.5 Å². The van der Waals surface area contributed by atoms with Crippen molar-refractivity contribution in [2.45, 2.75) is 24.9 Å². The smallest absolute Gasteiger partial charge is 0.360 e. The summed E-state index contributed by atoms with van der Waals surface area (Å²) in [6, 6.07) is 0. The van der Waals surface area contributed by atoms with Crippen molar-refractivity contribution in [3.63, 3.8) is 0 Å². The molecule has 1 aliphatic heterocycles. The van der Waals surface area contributed by atoms with Gasteiger partial charge in [-0.05, 0) is 12.8 Å². The van der Waals surface area contributed by atoms with Gasteiger partial charge in [-0.3, -0.25) is 4.68 Å². The van der Waals surface area contributed by atoms with E-state index in [2.05, 4.69) is 15.1 Å². The van der Waals surface area contributed by atoms with Crippen LogP contribution < -0.4 is 10.5 Å². The Morgan fingerprint density at radius 2 is 2.20 bits per heavy atom. The zero-order chi connectivity index (χ0) is 18.0. The fourth-order valence-electron chi connectivity index (χ4n) is 2.99. The molecule has 3 rings (SSSR count). The van der Waals surface area contributed by atoms with Gasteiger partial charge in [0.1, 0.15) is 5.69 Å². The van der Waals surface area contributed by atoms with Crippen LogP contribution in [0, 0.1) is 0 Å². The molecule has 9 heteroatoms. The summed E-state index contributed by atoms with van der Waals surface area (Å²) in [7, 11) is 4.64. The van der Waals surface area contributed by atoms with E-state index in [1.807, 2.05) is 13.2 Å². The van der Waals surface area contributed by atoms with Gasteiger partial charge in [0.2, 0.25) is 5.88 Å². The van der Waals surface area contributed by atoms with Crippen LogP contribution >= 0.6 is 0 Å². The van der Waals surface area contributed by atoms with Gasteiger partial charge in [-0.25, -0.2) is 9.78 Å². The fraction of sp³-hybridized carbons (Fsp3) is 0.500. The first-order chi connectivity index (χ1) is 12.0. The minimum atomic E-state index is -0.621. The Morgan fingerprint density at radius 3 is 2.84 bits per heavy atom.